The van der Waals surface area contributed by atoms with E-state index < -0.39 is 0 Å². The normalized spacial score (nSPS) is 22.7. The van der Waals surface area contributed by atoms with Gasteiger partial charge in [-0.25, -0.2) is 4.79 Å². The fraction of sp³-hybridized carbons (Fsp3) is 0.381. The lowest BCUT2D eigenvalue weighted by Gasteiger charge is -2.34. The number of carbonyl (C=O) groups is 1. The Balaban J connectivity index is 1.74. The van der Waals surface area contributed by atoms with Crippen molar-refractivity contribution in [2.45, 2.75) is 31.3 Å². The molecule has 6 heteroatoms. The molecule has 2 aliphatic heterocycles. The Morgan fingerprint density at radius 1 is 1.19 bits per heavy atom. The first kappa shape index (κ1) is 18.6. The molecule has 1 fully saturated rings. The number of carbonyl (C=O) groups excluding carboxylic acids is 1. The van der Waals surface area contributed by atoms with Gasteiger partial charge in [0.15, 0.2) is 0 Å². The summed E-state index contributed by atoms with van der Waals surface area (Å²) < 4.78 is 0. The monoisotopic (exact) mass is 403 g/mol. The van der Waals surface area contributed by atoms with Gasteiger partial charge in [-0.05, 0) is 54.3 Å². The maximum absolute atomic E-state index is 11.8. The quantitative estimate of drug-likeness (QED) is 0.783. The van der Waals surface area contributed by atoms with Crippen LogP contribution in [0.2, 0.25) is 10.0 Å². The minimum atomic E-state index is -0.343. The summed E-state index contributed by atoms with van der Waals surface area (Å²) >= 11 is 12.8. The molecule has 4 nitrogen and oxygen atoms in total. The summed E-state index contributed by atoms with van der Waals surface area (Å²) in [6, 6.07) is 12.1. The van der Waals surface area contributed by atoms with E-state index in [1.165, 1.54) is 11.1 Å². The van der Waals surface area contributed by atoms with E-state index in [4.69, 9.17) is 28.9 Å². The van der Waals surface area contributed by atoms with Crippen LogP contribution in [0.25, 0.3) is 0 Å². The Kier molecular flexibility index (Phi) is 5.06. The first-order valence-electron chi connectivity index (χ1n) is 9.26. The number of benzene rings is 2. The van der Waals surface area contributed by atoms with E-state index in [9.17, 15) is 4.79 Å². The highest BCUT2D eigenvalue weighted by atomic mass is 35.5. The summed E-state index contributed by atoms with van der Waals surface area (Å²) in [5.74, 6) is 0.193. The third kappa shape index (κ3) is 3.54. The average molecular weight is 404 g/mol. The molecule has 2 atom stereocenters. The number of primary amides is 1. The summed E-state index contributed by atoms with van der Waals surface area (Å²) in [7, 11) is 2.11. The Morgan fingerprint density at radius 3 is 2.74 bits per heavy atom. The average Bonchev–Trinajstić information content (AvgIpc) is 3.12. The maximum atomic E-state index is 11.8. The van der Waals surface area contributed by atoms with Crippen molar-refractivity contribution in [1.82, 2.24) is 9.80 Å². The van der Waals surface area contributed by atoms with Gasteiger partial charge < -0.3 is 15.5 Å². The number of fused-ring (bicyclic) bond motifs is 1. The van der Waals surface area contributed by atoms with Crippen molar-refractivity contribution in [3.63, 3.8) is 0 Å². The number of rotatable bonds is 2. The zero-order valence-corrected chi connectivity index (χ0v) is 16.8. The Bertz CT molecular complexity index is 886. The predicted octanol–water partition coefficient (Wildman–Crippen LogP) is 4.79. The van der Waals surface area contributed by atoms with Crippen molar-refractivity contribution >= 4 is 29.2 Å². The molecule has 2 amide bonds. The van der Waals surface area contributed by atoms with Crippen LogP contribution in [0.15, 0.2) is 36.4 Å². The lowest BCUT2D eigenvalue weighted by molar-refractivity contribution is 0.203. The molecular weight excluding hydrogens is 381 g/mol. The van der Waals surface area contributed by atoms with E-state index in [1.807, 2.05) is 12.1 Å². The molecule has 4 rings (SSSR count). The summed E-state index contributed by atoms with van der Waals surface area (Å²) in [5.41, 5.74) is 10.3. The number of amides is 2. The second kappa shape index (κ2) is 7.34. The van der Waals surface area contributed by atoms with Crippen molar-refractivity contribution in [2.75, 3.05) is 20.1 Å². The highest BCUT2D eigenvalue weighted by Crippen LogP contribution is 2.40. The lowest BCUT2D eigenvalue weighted by Crippen LogP contribution is -2.35. The number of urea groups is 1. The van der Waals surface area contributed by atoms with Crippen LogP contribution < -0.4 is 5.73 Å². The van der Waals surface area contributed by atoms with Crippen molar-refractivity contribution in [3.05, 3.63) is 68.7 Å². The zero-order chi connectivity index (χ0) is 19.1. The summed E-state index contributed by atoms with van der Waals surface area (Å²) in [6.45, 7) is 2.45. The van der Waals surface area contributed by atoms with Crippen molar-refractivity contribution in [1.29, 1.82) is 0 Å². The molecule has 27 heavy (non-hydrogen) atoms. The molecule has 0 saturated carbocycles. The Hall–Kier alpha value is -1.75. The van der Waals surface area contributed by atoms with Gasteiger partial charge in [0.1, 0.15) is 0 Å². The number of halogens is 2. The number of hydrogen-bond acceptors (Lipinski definition) is 2. The van der Waals surface area contributed by atoms with E-state index in [0.717, 1.165) is 48.6 Å². The third-order valence-corrected chi connectivity index (χ3v) is 6.28. The van der Waals surface area contributed by atoms with Crippen LogP contribution in [0, 0.1) is 0 Å². The summed E-state index contributed by atoms with van der Waals surface area (Å²) in [5, 5.41) is 1.39. The lowest BCUT2D eigenvalue weighted by atomic mass is 9.83. The van der Waals surface area contributed by atoms with Crippen LogP contribution in [0.4, 0.5) is 4.79 Å². The second-order valence-corrected chi connectivity index (χ2v) is 8.41. The molecule has 2 N–H and O–H groups in total. The SMILES string of the molecule is CN1Cc2c(Cl)cc(Cl)cc2C(c2cccc(C3CCCN3C(N)=O)c2)C1. The number of nitrogens with zero attached hydrogens (tertiary/aromatic N) is 2. The molecule has 1 saturated heterocycles. The summed E-state index contributed by atoms with van der Waals surface area (Å²) in [4.78, 5) is 15.8. The Morgan fingerprint density at radius 2 is 1.96 bits per heavy atom. The second-order valence-electron chi connectivity index (χ2n) is 7.56. The molecule has 0 aliphatic carbocycles. The van der Waals surface area contributed by atoms with Gasteiger partial charge in [-0.1, -0.05) is 47.5 Å². The summed E-state index contributed by atoms with van der Waals surface area (Å²) in [6.07, 6.45) is 1.93. The van der Waals surface area contributed by atoms with Gasteiger partial charge >= 0.3 is 6.03 Å². The van der Waals surface area contributed by atoms with Crippen molar-refractivity contribution in [3.8, 4) is 0 Å². The Labute approximate surface area is 169 Å². The third-order valence-electron chi connectivity index (χ3n) is 5.73. The van der Waals surface area contributed by atoms with Gasteiger partial charge in [-0.15, -0.1) is 0 Å². The molecule has 2 aromatic carbocycles. The topological polar surface area (TPSA) is 49.6 Å². The van der Waals surface area contributed by atoms with Crippen molar-refractivity contribution < 1.29 is 4.79 Å². The molecule has 2 aliphatic rings. The number of hydrogen-bond donors (Lipinski definition) is 1. The first-order valence-corrected chi connectivity index (χ1v) is 10.0. The molecule has 0 aromatic heterocycles. The van der Waals surface area contributed by atoms with E-state index in [0.29, 0.717) is 5.02 Å². The highest BCUT2D eigenvalue weighted by Gasteiger charge is 2.31. The molecule has 0 spiro atoms. The van der Waals surface area contributed by atoms with E-state index in [2.05, 4.69) is 36.2 Å². The minimum Gasteiger partial charge on any atom is -0.351 e. The van der Waals surface area contributed by atoms with Crippen LogP contribution in [0.5, 0.6) is 0 Å². The fourth-order valence-electron chi connectivity index (χ4n) is 4.49. The van der Waals surface area contributed by atoms with Crippen LogP contribution >= 0.6 is 23.2 Å². The number of nitrogens with two attached hydrogens (primary N) is 1. The molecule has 2 unspecified atom stereocenters. The van der Waals surface area contributed by atoms with Gasteiger partial charge in [0.05, 0.1) is 6.04 Å². The number of likely N-dealkylation sites (tertiary alicyclic amines) is 1. The molecule has 2 aromatic rings. The maximum Gasteiger partial charge on any atom is 0.315 e. The minimum absolute atomic E-state index is 0.0613. The van der Waals surface area contributed by atoms with Crippen LogP contribution in [0.1, 0.15) is 47.1 Å². The first-order chi connectivity index (χ1) is 12.9. The van der Waals surface area contributed by atoms with E-state index in [-0.39, 0.29) is 18.0 Å². The van der Waals surface area contributed by atoms with Crippen LogP contribution in [-0.4, -0.2) is 36.0 Å². The van der Waals surface area contributed by atoms with Gasteiger partial charge in [-0.3, -0.25) is 0 Å². The molecule has 0 bridgehead atoms. The molecular formula is C21H23Cl2N3O. The molecule has 142 valence electrons. The van der Waals surface area contributed by atoms with Crippen LogP contribution in [-0.2, 0) is 6.54 Å². The van der Waals surface area contributed by atoms with Gasteiger partial charge in [0.2, 0.25) is 0 Å². The van der Waals surface area contributed by atoms with Gasteiger partial charge in [-0.2, -0.15) is 0 Å². The largest absolute Gasteiger partial charge is 0.351 e. The van der Waals surface area contributed by atoms with Crippen LogP contribution in [0.3, 0.4) is 0 Å². The van der Waals surface area contributed by atoms with Gasteiger partial charge in [0.25, 0.3) is 0 Å². The highest BCUT2D eigenvalue weighted by molar-refractivity contribution is 6.35. The fourth-order valence-corrected chi connectivity index (χ4v) is 5.06. The van der Waals surface area contributed by atoms with E-state index in [1.54, 1.807) is 4.90 Å². The smallest absolute Gasteiger partial charge is 0.315 e. The molecule has 0 radical (unpaired) electrons. The molecule has 2 heterocycles. The predicted molar refractivity (Wildman–Crippen MR) is 109 cm³/mol. The zero-order valence-electron chi connectivity index (χ0n) is 15.3. The number of likely N-dealkylation sites (N-methyl/N-ethyl adjacent to an activating group) is 1. The van der Waals surface area contributed by atoms with Gasteiger partial charge in [0, 0.05) is 35.6 Å². The van der Waals surface area contributed by atoms with E-state index >= 15 is 0 Å². The van der Waals surface area contributed by atoms with Crippen molar-refractivity contribution in [2.24, 2.45) is 5.73 Å². The standard InChI is InChI=1S/C21H23Cl2N3O/c1-25-11-17(16-9-15(22)10-19(23)18(16)12-25)13-4-2-5-14(8-13)20-6-3-7-26(20)21(24)27/h2,4-5,8-10,17,20H,3,6-7,11-12H2,1H3,(H2,24,27).